The van der Waals surface area contributed by atoms with Gasteiger partial charge >= 0.3 is 0 Å². The molecule has 0 bridgehead atoms. The number of nitrogens with zero attached hydrogens (tertiary/aromatic N) is 5. The maximum Gasteiger partial charge on any atom is 0.161 e. The molecule has 0 amide bonds. The molecule has 0 aliphatic rings. The summed E-state index contributed by atoms with van der Waals surface area (Å²) in [7, 11) is 0. The lowest BCUT2D eigenvalue weighted by atomic mass is 10.1. The van der Waals surface area contributed by atoms with E-state index in [0.717, 1.165) is 72.6 Å². The summed E-state index contributed by atoms with van der Waals surface area (Å²) in [6.45, 7) is 0. The van der Waals surface area contributed by atoms with Crippen molar-refractivity contribution in [1.29, 1.82) is 0 Å². The Morgan fingerprint density at radius 3 is 1.36 bits per heavy atom. The molecule has 0 saturated carbocycles. The third-order valence-electron chi connectivity index (χ3n) is 15.9. The highest BCUT2D eigenvalue weighted by molar-refractivity contribution is 7.26. The number of benzene rings is 11. The van der Waals surface area contributed by atoms with Gasteiger partial charge in [0.05, 0.1) is 49.0 Å². The number of aromatic nitrogens is 4. The first kappa shape index (κ1) is 42.3. The fourth-order valence-electron chi connectivity index (χ4n) is 12.7. The summed E-state index contributed by atoms with van der Waals surface area (Å²) in [6.07, 6.45) is 0. The van der Waals surface area contributed by atoms with Gasteiger partial charge in [-0.1, -0.05) is 133 Å². The van der Waals surface area contributed by atoms with Gasteiger partial charge in [0.15, 0.2) is 5.58 Å². The highest BCUT2D eigenvalue weighted by Crippen LogP contribution is 2.46. The lowest BCUT2D eigenvalue weighted by Gasteiger charge is -2.26. The van der Waals surface area contributed by atoms with Gasteiger partial charge in [-0.15, -0.1) is 11.3 Å². The Kier molecular flexibility index (Phi) is 8.90. The molecule has 360 valence electrons. The van der Waals surface area contributed by atoms with Gasteiger partial charge in [-0.25, -0.2) is 0 Å². The van der Waals surface area contributed by atoms with E-state index in [2.05, 4.69) is 278 Å². The minimum absolute atomic E-state index is 0.886. The van der Waals surface area contributed by atoms with Crippen LogP contribution in [0.1, 0.15) is 0 Å². The van der Waals surface area contributed by atoms with Crippen LogP contribution in [0.5, 0.6) is 0 Å². The normalized spacial score (nSPS) is 12.2. The quantitative estimate of drug-likeness (QED) is 0.159. The highest BCUT2D eigenvalue weighted by atomic mass is 32.1. The molecule has 77 heavy (non-hydrogen) atoms. The average Bonchev–Trinajstić information content (AvgIpc) is 4.41. The molecule has 0 saturated heterocycles. The van der Waals surface area contributed by atoms with Gasteiger partial charge in [-0.3, -0.25) is 0 Å². The van der Waals surface area contributed by atoms with Crippen molar-refractivity contribution in [3.05, 3.63) is 261 Å². The van der Waals surface area contributed by atoms with Crippen molar-refractivity contribution in [2.24, 2.45) is 0 Å². The molecule has 0 atom stereocenters. The number of anilines is 3. The molecule has 0 N–H and O–H groups in total. The van der Waals surface area contributed by atoms with Gasteiger partial charge < -0.3 is 27.6 Å². The van der Waals surface area contributed by atoms with Crippen molar-refractivity contribution >= 4 is 136 Å². The summed E-state index contributed by atoms with van der Waals surface area (Å²) < 4.78 is 18.9. The van der Waals surface area contributed by atoms with E-state index in [4.69, 9.17) is 4.42 Å². The molecule has 0 fully saturated rings. The topological polar surface area (TPSA) is 36.1 Å². The Morgan fingerprint density at radius 1 is 0.299 bits per heavy atom. The standard InChI is InChI=1S/C70H43N5OS/c1-2-18-51-44(16-1)17-15-29-58(51)75-60-26-10-4-20-53(60)65-66(75)52-19-3-9-25-59(52)72(65)48-38-32-45(33-39-48)71(46-34-40-49(41-35-46)73-61-27-11-5-21-54(61)69-67(73)56-23-7-13-30-63(56)76-69)47-36-42-50(43-37-47)74-62-28-12-6-22-55(62)70-68(74)57-24-8-14-31-64(57)77-70/h1-43H. The Balaban J connectivity index is 0.842. The second-order valence-electron chi connectivity index (χ2n) is 20.0. The van der Waals surface area contributed by atoms with Gasteiger partial charge in [0.1, 0.15) is 11.1 Å². The molecular weight excluding hydrogens is 959 g/mol. The molecule has 6 nitrogen and oxygen atoms in total. The summed E-state index contributed by atoms with van der Waals surface area (Å²) in [5.41, 5.74) is 18.8. The van der Waals surface area contributed by atoms with Crippen molar-refractivity contribution in [3.8, 4) is 22.7 Å². The van der Waals surface area contributed by atoms with E-state index in [1.54, 1.807) is 0 Å². The van der Waals surface area contributed by atoms with Crippen molar-refractivity contribution in [2.75, 3.05) is 4.90 Å². The van der Waals surface area contributed by atoms with Gasteiger partial charge in [0.25, 0.3) is 0 Å². The maximum atomic E-state index is 6.55. The minimum Gasteiger partial charge on any atom is -0.454 e. The molecule has 7 heteroatoms. The monoisotopic (exact) mass is 1000 g/mol. The smallest absolute Gasteiger partial charge is 0.161 e. The van der Waals surface area contributed by atoms with Crippen LogP contribution >= 0.6 is 11.3 Å². The van der Waals surface area contributed by atoms with Crippen molar-refractivity contribution in [1.82, 2.24) is 18.3 Å². The molecule has 11 aromatic carbocycles. The first-order valence-electron chi connectivity index (χ1n) is 26.2. The van der Waals surface area contributed by atoms with E-state index in [9.17, 15) is 0 Å². The average molecular weight is 1000 g/mol. The van der Waals surface area contributed by atoms with E-state index in [-0.39, 0.29) is 0 Å². The Hall–Kier alpha value is -10.1. The zero-order chi connectivity index (χ0) is 50.3. The van der Waals surface area contributed by atoms with Gasteiger partial charge in [0, 0.05) is 76.5 Å². The lowest BCUT2D eigenvalue weighted by Crippen LogP contribution is -2.10. The fourth-order valence-corrected chi connectivity index (χ4v) is 13.9. The van der Waals surface area contributed by atoms with Crippen LogP contribution in [0.2, 0.25) is 0 Å². The second kappa shape index (κ2) is 16.2. The number of rotatable bonds is 7. The summed E-state index contributed by atoms with van der Waals surface area (Å²) in [6, 6.07) is 94.8. The Bertz CT molecular complexity index is 5000. The first-order chi connectivity index (χ1) is 38.2. The molecule has 0 radical (unpaired) electrons. The van der Waals surface area contributed by atoms with Crippen LogP contribution in [0.15, 0.2) is 265 Å². The number of hydrogen-bond donors (Lipinski definition) is 0. The molecular formula is C70H43N5OS. The summed E-state index contributed by atoms with van der Waals surface area (Å²) >= 11 is 1.87. The van der Waals surface area contributed by atoms with E-state index in [1.807, 2.05) is 17.4 Å². The Labute approximate surface area is 444 Å². The summed E-state index contributed by atoms with van der Waals surface area (Å²) in [5, 5.41) is 9.59. The fraction of sp³-hybridized carbons (Fsp3) is 0. The molecule has 17 rings (SSSR count). The van der Waals surface area contributed by atoms with Crippen LogP contribution in [-0.4, -0.2) is 18.3 Å². The van der Waals surface area contributed by atoms with E-state index in [0.29, 0.717) is 0 Å². The van der Waals surface area contributed by atoms with Crippen molar-refractivity contribution in [3.63, 3.8) is 0 Å². The van der Waals surface area contributed by atoms with Crippen LogP contribution < -0.4 is 4.90 Å². The van der Waals surface area contributed by atoms with Gasteiger partial charge in [-0.05, 0) is 133 Å². The van der Waals surface area contributed by atoms with Crippen LogP contribution in [0, 0.1) is 0 Å². The predicted molar refractivity (Wildman–Crippen MR) is 324 cm³/mol. The molecule has 17 aromatic rings. The third kappa shape index (κ3) is 6.05. The minimum atomic E-state index is 0.886. The number of thiophene rings is 1. The number of furan rings is 1. The van der Waals surface area contributed by atoms with E-state index < -0.39 is 0 Å². The maximum absolute atomic E-state index is 6.55. The number of hydrogen-bond acceptors (Lipinski definition) is 3. The number of para-hydroxylation sites is 5. The second-order valence-corrected chi connectivity index (χ2v) is 21.1. The third-order valence-corrected chi connectivity index (χ3v) is 17.1. The zero-order valence-electron chi connectivity index (χ0n) is 41.4. The molecule has 0 aliphatic carbocycles. The SMILES string of the molecule is c1ccc2c(-n3c4ccccc4c4c3c3ccccc3n4-c3ccc(N(c4ccc(-n5c6ccccc6c6oc7ccccc7c65)cc4)c4ccc(-n5c6ccccc6c6sc7ccccc7c65)cc4)cc3)cccc2c1. The molecule has 6 heterocycles. The molecule has 0 unspecified atom stereocenters. The molecule has 0 spiro atoms. The predicted octanol–water partition coefficient (Wildman–Crippen LogP) is 19.5. The summed E-state index contributed by atoms with van der Waals surface area (Å²) in [4.78, 5) is 2.38. The van der Waals surface area contributed by atoms with Crippen LogP contribution in [-0.2, 0) is 0 Å². The van der Waals surface area contributed by atoms with Crippen LogP contribution in [0.3, 0.4) is 0 Å². The molecule has 6 aromatic heterocycles. The first-order valence-corrected chi connectivity index (χ1v) is 27.0. The number of fused-ring (bicyclic) bond motifs is 16. The summed E-state index contributed by atoms with van der Waals surface area (Å²) in [5.74, 6) is 0. The lowest BCUT2D eigenvalue weighted by molar-refractivity contribution is 0.673. The van der Waals surface area contributed by atoms with Gasteiger partial charge in [0.2, 0.25) is 0 Å². The van der Waals surface area contributed by atoms with Crippen molar-refractivity contribution < 1.29 is 4.42 Å². The largest absolute Gasteiger partial charge is 0.454 e. The molecule has 0 aliphatic heterocycles. The zero-order valence-corrected chi connectivity index (χ0v) is 42.2. The van der Waals surface area contributed by atoms with E-state index >= 15 is 0 Å². The van der Waals surface area contributed by atoms with Crippen LogP contribution in [0.4, 0.5) is 17.1 Å². The van der Waals surface area contributed by atoms with Gasteiger partial charge in [-0.2, -0.15) is 0 Å². The Morgan fingerprint density at radius 2 is 0.727 bits per heavy atom. The van der Waals surface area contributed by atoms with Crippen LogP contribution in [0.25, 0.3) is 131 Å². The van der Waals surface area contributed by atoms with Crippen molar-refractivity contribution in [2.45, 2.75) is 0 Å². The van der Waals surface area contributed by atoms with E-state index in [1.165, 1.54) is 75.0 Å². The highest BCUT2D eigenvalue weighted by Gasteiger charge is 2.25.